The van der Waals surface area contributed by atoms with Crippen molar-refractivity contribution in [1.82, 2.24) is 10.2 Å². The number of hydrogen-bond donors (Lipinski definition) is 1. The van der Waals surface area contributed by atoms with Gasteiger partial charge in [-0.05, 0) is 54.2 Å². The summed E-state index contributed by atoms with van der Waals surface area (Å²) in [6.07, 6.45) is 1.06. The van der Waals surface area contributed by atoms with Gasteiger partial charge in [-0.25, -0.2) is 4.79 Å². The quantitative estimate of drug-likeness (QED) is 0.611. The largest absolute Gasteiger partial charge is 0.449 e. The fourth-order valence-corrected chi connectivity index (χ4v) is 4.91. The van der Waals surface area contributed by atoms with Crippen LogP contribution >= 0.6 is 0 Å². The average molecular weight is 441 g/mol. The van der Waals surface area contributed by atoms with E-state index in [9.17, 15) is 9.59 Å². The summed E-state index contributed by atoms with van der Waals surface area (Å²) in [5.74, 6) is 0.103. The highest BCUT2D eigenvalue weighted by Crippen LogP contribution is 2.44. The van der Waals surface area contributed by atoms with Gasteiger partial charge >= 0.3 is 6.09 Å². The van der Waals surface area contributed by atoms with E-state index in [1.165, 1.54) is 22.3 Å². The lowest BCUT2D eigenvalue weighted by Gasteiger charge is -2.32. The molecule has 0 spiro atoms. The number of hydrogen-bond acceptors (Lipinski definition) is 3. The van der Waals surface area contributed by atoms with Gasteiger partial charge in [0.05, 0.1) is 0 Å². The van der Waals surface area contributed by atoms with Crippen LogP contribution in [0.25, 0.3) is 11.1 Å². The molecule has 0 unspecified atom stereocenters. The van der Waals surface area contributed by atoms with Gasteiger partial charge in [0.2, 0.25) is 0 Å². The molecular formula is C28H28N2O3. The molecule has 1 aliphatic heterocycles. The van der Waals surface area contributed by atoms with Gasteiger partial charge in [-0.2, -0.15) is 0 Å². The number of carbonyl (C=O) groups excluding carboxylic acids is 2. The molecule has 2 aliphatic rings. The van der Waals surface area contributed by atoms with E-state index in [-0.39, 0.29) is 24.0 Å². The highest BCUT2D eigenvalue weighted by molar-refractivity contribution is 5.94. The van der Waals surface area contributed by atoms with Crippen LogP contribution in [0.3, 0.4) is 0 Å². The number of nitrogens with one attached hydrogen (secondary N) is 1. The third-order valence-corrected chi connectivity index (χ3v) is 6.75. The van der Waals surface area contributed by atoms with E-state index in [2.05, 4.69) is 29.6 Å². The summed E-state index contributed by atoms with van der Waals surface area (Å²) in [6, 6.07) is 24.3. The Kier molecular flexibility index (Phi) is 5.86. The molecule has 0 atom stereocenters. The molecule has 5 nitrogen and oxygen atoms in total. The number of benzene rings is 3. The first kappa shape index (κ1) is 21.3. The second-order valence-electron chi connectivity index (χ2n) is 8.90. The zero-order chi connectivity index (χ0) is 22.8. The Morgan fingerprint density at radius 1 is 0.879 bits per heavy atom. The van der Waals surface area contributed by atoms with Crippen LogP contribution in [-0.2, 0) is 4.74 Å². The standard InChI is InChI=1S/C28H28N2O3/c1-19-10-12-20(13-11-19)27(31)30-16-14-21(15-17-30)29-28(32)33-18-26-24-8-4-2-6-22(24)23-7-3-5-9-25(23)26/h2-13,21,26H,14-18H2,1H3,(H,29,32). The van der Waals surface area contributed by atoms with Gasteiger partial charge in [-0.1, -0.05) is 66.2 Å². The maximum absolute atomic E-state index is 12.7. The maximum atomic E-state index is 12.7. The van der Waals surface area contributed by atoms with Crippen LogP contribution in [-0.4, -0.2) is 42.6 Å². The Labute approximate surface area is 194 Å². The lowest BCUT2D eigenvalue weighted by atomic mass is 9.98. The predicted octanol–water partition coefficient (Wildman–Crippen LogP) is 5.14. The van der Waals surface area contributed by atoms with E-state index in [0.717, 1.165) is 18.4 Å². The lowest BCUT2D eigenvalue weighted by molar-refractivity contribution is 0.0701. The van der Waals surface area contributed by atoms with Crippen LogP contribution in [0, 0.1) is 6.92 Å². The summed E-state index contributed by atoms with van der Waals surface area (Å²) in [6.45, 7) is 3.57. The molecule has 1 saturated heterocycles. The van der Waals surface area contributed by atoms with E-state index in [1.54, 1.807) is 0 Å². The molecular weight excluding hydrogens is 412 g/mol. The van der Waals surface area contributed by atoms with Crippen molar-refractivity contribution < 1.29 is 14.3 Å². The molecule has 168 valence electrons. The number of fused-ring (bicyclic) bond motifs is 3. The zero-order valence-corrected chi connectivity index (χ0v) is 18.8. The topological polar surface area (TPSA) is 58.6 Å². The van der Waals surface area contributed by atoms with Crippen molar-refractivity contribution in [2.45, 2.75) is 31.7 Å². The van der Waals surface area contributed by atoms with E-state index in [4.69, 9.17) is 4.74 Å². The molecule has 1 aliphatic carbocycles. The van der Waals surface area contributed by atoms with E-state index in [0.29, 0.717) is 25.3 Å². The number of likely N-dealkylation sites (tertiary alicyclic amines) is 1. The maximum Gasteiger partial charge on any atom is 0.407 e. The summed E-state index contributed by atoms with van der Waals surface area (Å²) in [5, 5.41) is 3.00. The van der Waals surface area contributed by atoms with Crippen molar-refractivity contribution in [2.75, 3.05) is 19.7 Å². The zero-order valence-electron chi connectivity index (χ0n) is 18.8. The summed E-state index contributed by atoms with van der Waals surface area (Å²) < 4.78 is 5.67. The van der Waals surface area contributed by atoms with Crippen molar-refractivity contribution in [3.63, 3.8) is 0 Å². The second kappa shape index (κ2) is 9.10. The number of aryl methyl sites for hydroxylation is 1. The van der Waals surface area contributed by atoms with Gasteiger partial charge in [0.15, 0.2) is 0 Å². The Bertz CT molecular complexity index is 1120. The molecule has 5 heteroatoms. The first-order valence-electron chi connectivity index (χ1n) is 11.6. The third kappa shape index (κ3) is 4.36. The van der Waals surface area contributed by atoms with Gasteiger partial charge in [0, 0.05) is 30.6 Å². The molecule has 2 amide bonds. The normalized spacial score (nSPS) is 15.6. The fourth-order valence-electron chi connectivity index (χ4n) is 4.91. The highest BCUT2D eigenvalue weighted by Gasteiger charge is 2.30. The van der Waals surface area contributed by atoms with Crippen molar-refractivity contribution >= 4 is 12.0 Å². The smallest absolute Gasteiger partial charge is 0.407 e. The molecule has 1 heterocycles. The number of rotatable bonds is 4. The van der Waals surface area contributed by atoms with Crippen LogP contribution in [0.15, 0.2) is 72.8 Å². The molecule has 0 bridgehead atoms. The molecule has 0 saturated carbocycles. The summed E-state index contributed by atoms with van der Waals surface area (Å²) in [7, 11) is 0. The average Bonchev–Trinajstić information content (AvgIpc) is 3.17. The SMILES string of the molecule is Cc1ccc(C(=O)N2CCC(NC(=O)OCC3c4ccccc4-c4ccccc43)CC2)cc1. The van der Waals surface area contributed by atoms with Crippen LogP contribution in [0.5, 0.6) is 0 Å². The van der Waals surface area contributed by atoms with Crippen LogP contribution in [0.2, 0.25) is 0 Å². The minimum atomic E-state index is -0.389. The molecule has 33 heavy (non-hydrogen) atoms. The molecule has 0 radical (unpaired) electrons. The van der Waals surface area contributed by atoms with E-state index >= 15 is 0 Å². The minimum Gasteiger partial charge on any atom is -0.449 e. The summed E-state index contributed by atoms with van der Waals surface area (Å²) >= 11 is 0. The first-order chi connectivity index (χ1) is 16.1. The lowest BCUT2D eigenvalue weighted by Crippen LogP contribution is -2.46. The molecule has 1 N–H and O–H groups in total. The number of ether oxygens (including phenoxy) is 1. The van der Waals surface area contributed by atoms with E-state index < -0.39 is 0 Å². The molecule has 5 rings (SSSR count). The summed E-state index contributed by atoms with van der Waals surface area (Å²) in [4.78, 5) is 27.1. The van der Waals surface area contributed by atoms with Crippen LogP contribution < -0.4 is 5.32 Å². The minimum absolute atomic E-state index is 0.0164. The highest BCUT2D eigenvalue weighted by atomic mass is 16.5. The predicted molar refractivity (Wildman–Crippen MR) is 128 cm³/mol. The van der Waals surface area contributed by atoms with Gasteiger partial charge in [-0.15, -0.1) is 0 Å². The molecule has 1 fully saturated rings. The molecule has 3 aromatic rings. The number of carbonyl (C=O) groups is 2. The molecule has 3 aromatic carbocycles. The Morgan fingerprint density at radius 3 is 2.06 bits per heavy atom. The van der Waals surface area contributed by atoms with Crippen molar-refractivity contribution in [2.24, 2.45) is 0 Å². The van der Waals surface area contributed by atoms with E-state index in [1.807, 2.05) is 60.4 Å². The van der Waals surface area contributed by atoms with Gasteiger partial charge in [0.1, 0.15) is 6.61 Å². The summed E-state index contributed by atoms with van der Waals surface area (Å²) in [5.41, 5.74) is 6.69. The monoisotopic (exact) mass is 440 g/mol. The van der Waals surface area contributed by atoms with Gasteiger partial charge in [-0.3, -0.25) is 4.79 Å². The number of nitrogens with zero attached hydrogens (tertiary/aromatic N) is 1. The van der Waals surface area contributed by atoms with Crippen LogP contribution in [0.1, 0.15) is 45.8 Å². The molecule has 0 aromatic heterocycles. The van der Waals surface area contributed by atoms with Crippen molar-refractivity contribution in [1.29, 1.82) is 0 Å². The van der Waals surface area contributed by atoms with Crippen molar-refractivity contribution in [3.8, 4) is 11.1 Å². The fraction of sp³-hybridized carbons (Fsp3) is 0.286. The number of piperidine rings is 1. The Morgan fingerprint density at radius 2 is 1.45 bits per heavy atom. The van der Waals surface area contributed by atoms with Gasteiger partial charge < -0.3 is 15.0 Å². The number of amides is 2. The first-order valence-corrected chi connectivity index (χ1v) is 11.6. The second-order valence-corrected chi connectivity index (χ2v) is 8.90. The number of alkyl carbamates (subject to hydrolysis) is 1. The third-order valence-electron chi connectivity index (χ3n) is 6.75. The van der Waals surface area contributed by atoms with Crippen molar-refractivity contribution in [3.05, 3.63) is 95.1 Å². The van der Waals surface area contributed by atoms with Crippen LogP contribution in [0.4, 0.5) is 4.79 Å². The Hall–Kier alpha value is -3.60. The van der Waals surface area contributed by atoms with Gasteiger partial charge in [0.25, 0.3) is 5.91 Å². The Balaban J connectivity index is 1.14.